The largest absolute Gasteiger partial charge is 0.325 e. The van der Waals surface area contributed by atoms with Crippen molar-refractivity contribution in [2.75, 3.05) is 11.1 Å². The van der Waals surface area contributed by atoms with Gasteiger partial charge in [0.05, 0.1) is 15.8 Å². The summed E-state index contributed by atoms with van der Waals surface area (Å²) in [5.74, 6) is 0.905. The molecule has 1 N–H and O–H groups in total. The maximum atomic E-state index is 12.3. The molecule has 3 aromatic rings. The number of carbonyl (C=O) groups excluding carboxylic acids is 1. The van der Waals surface area contributed by atoms with E-state index in [9.17, 15) is 4.79 Å². The second-order valence-electron chi connectivity index (χ2n) is 6.57. The monoisotopic (exact) mass is 454 g/mol. The van der Waals surface area contributed by atoms with Crippen LogP contribution in [0.25, 0.3) is 11.4 Å². The van der Waals surface area contributed by atoms with Crippen LogP contribution in [0.15, 0.2) is 28.7 Å². The molecule has 0 atom stereocenters. The van der Waals surface area contributed by atoms with E-state index >= 15 is 0 Å². The van der Waals surface area contributed by atoms with Crippen LogP contribution in [0.1, 0.15) is 30.3 Å². The molecule has 0 saturated carbocycles. The van der Waals surface area contributed by atoms with Gasteiger partial charge in [0.15, 0.2) is 11.0 Å². The molecule has 0 bridgehead atoms. The molecular formula is C19H20Cl2N4OS2. The number of anilines is 1. The summed E-state index contributed by atoms with van der Waals surface area (Å²) in [5, 5.41) is 15.2. The highest BCUT2D eigenvalue weighted by Gasteiger charge is 2.20. The van der Waals surface area contributed by atoms with Gasteiger partial charge in [-0.25, -0.2) is 0 Å². The van der Waals surface area contributed by atoms with Crippen LogP contribution in [0, 0.1) is 13.8 Å². The van der Waals surface area contributed by atoms with Crippen LogP contribution in [0.4, 0.5) is 5.69 Å². The summed E-state index contributed by atoms with van der Waals surface area (Å²) in [7, 11) is 0. The van der Waals surface area contributed by atoms with Crippen LogP contribution in [0.5, 0.6) is 0 Å². The van der Waals surface area contributed by atoms with Crippen molar-refractivity contribution in [3.05, 3.63) is 44.1 Å². The molecule has 0 aliphatic heterocycles. The van der Waals surface area contributed by atoms with Gasteiger partial charge >= 0.3 is 0 Å². The van der Waals surface area contributed by atoms with Gasteiger partial charge in [0.25, 0.3) is 0 Å². The molecule has 0 aliphatic rings. The fourth-order valence-corrected chi connectivity index (χ4v) is 4.69. The smallest absolute Gasteiger partial charge is 0.234 e. The lowest BCUT2D eigenvalue weighted by atomic mass is 10.1. The molecule has 2 aromatic heterocycles. The average Bonchev–Trinajstić information content (AvgIpc) is 3.20. The number of hydrogen-bond donors (Lipinski definition) is 1. The predicted molar refractivity (Wildman–Crippen MR) is 119 cm³/mol. The first-order valence-corrected chi connectivity index (χ1v) is 11.3. The van der Waals surface area contributed by atoms with Gasteiger partial charge in [-0.1, -0.05) is 35.0 Å². The Kier molecular flexibility index (Phi) is 6.70. The van der Waals surface area contributed by atoms with E-state index in [1.807, 2.05) is 0 Å². The van der Waals surface area contributed by atoms with Gasteiger partial charge in [-0.3, -0.25) is 9.36 Å². The highest BCUT2D eigenvalue weighted by atomic mass is 35.5. The minimum atomic E-state index is -0.147. The van der Waals surface area contributed by atoms with Crippen molar-refractivity contribution in [3.63, 3.8) is 0 Å². The van der Waals surface area contributed by atoms with Crippen molar-refractivity contribution in [3.8, 4) is 11.4 Å². The topological polar surface area (TPSA) is 59.8 Å². The number of hydrogen-bond acceptors (Lipinski definition) is 5. The fourth-order valence-electron chi connectivity index (χ4n) is 2.66. The van der Waals surface area contributed by atoms with Gasteiger partial charge in [0.2, 0.25) is 5.91 Å². The molecule has 0 saturated heterocycles. The van der Waals surface area contributed by atoms with E-state index in [0.717, 1.165) is 16.5 Å². The third kappa shape index (κ3) is 4.54. The Labute approximate surface area is 182 Å². The van der Waals surface area contributed by atoms with Crippen molar-refractivity contribution in [2.45, 2.75) is 38.9 Å². The fraction of sp³-hybridized carbons (Fsp3) is 0.316. The maximum absolute atomic E-state index is 12.3. The SMILES string of the molecule is Cc1scc(-c2nnc(SCC(=O)Nc3ccc(Cl)c(Cl)c3)n2C(C)C)c1C. The normalized spacial score (nSPS) is 11.2. The number of rotatable bonds is 6. The number of nitrogens with one attached hydrogen (secondary N) is 1. The van der Waals surface area contributed by atoms with Gasteiger partial charge < -0.3 is 5.32 Å². The minimum absolute atomic E-state index is 0.147. The Morgan fingerprint density at radius 3 is 2.61 bits per heavy atom. The molecule has 3 rings (SSSR count). The lowest BCUT2D eigenvalue weighted by molar-refractivity contribution is -0.113. The van der Waals surface area contributed by atoms with Crippen LogP contribution in [0.3, 0.4) is 0 Å². The van der Waals surface area contributed by atoms with E-state index in [4.69, 9.17) is 23.2 Å². The predicted octanol–water partition coefficient (Wildman–Crippen LogP) is 6.24. The molecule has 148 valence electrons. The summed E-state index contributed by atoms with van der Waals surface area (Å²) in [4.78, 5) is 13.6. The standard InChI is InChI=1S/C19H20Cl2N4OS2/c1-10(2)25-18(14-8-27-12(4)11(14)3)23-24-19(25)28-9-17(26)22-13-5-6-15(20)16(21)7-13/h5-8,10H,9H2,1-4H3,(H,22,26). The molecule has 0 fully saturated rings. The van der Waals surface area contributed by atoms with Gasteiger partial charge in [0.1, 0.15) is 0 Å². The number of amides is 1. The first-order chi connectivity index (χ1) is 13.3. The number of nitrogens with zero attached hydrogens (tertiary/aromatic N) is 3. The number of thiophene rings is 1. The Hall–Kier alpha value is -1.54. The lowest BCUT2D eigenvalue weighted by Gasteiger charge is -2.13. The van der Waals surface area contributed by atoms with Crippen molar-refractivity contribution in [2.24, 2.45) is 0 Å². The summed E-state index contributed by atoms with van der Waals surface area (Å²) in [5.41, 5.74) is 2.92. The third-order valence-corrected chi connectivity index (χ3v) is 6.94. The van der Waals surface area contributed by atoms with Gasteiger partial charge in [-0.05, 0) is 51.5 Å². The van der Waals surface area contributed by atoms with Crippen LogP contribution in [-0.4, -0.2) is 26.4 Å². The molecule has 2 heterocycles. The van der Waals surface area contributed by atoms with Crippen molar-refractivity contribution in [1.29, 1.82) is 0 Å². The van der Waals surface area contributed by atoms with E-state index in [0.29, 0.717) is 15.7 Å². The highest BCUT2D eigenvalue weighted by Crippen LogP contribution is 2.33. The zero-order valence-electron chi connectivity index (χ0n) is 15.9. The first-order valence-electron chi connectivity index (χ1n) is 8.65. The number of benzene rings is 1. The molecule has 0 unspecified atom stereocenters. The Morgan fingerprint density at radius 2 is 2.00 bits per heavy atom. The van der Waals surface area contributed by atoms with Gasteiger partial charge in [0, 0.05) is 27.5 Å². The van der Waals surface area contributed by atoms with Crippen LogP contribution in [-0.2, 0) is 4.79 Å². The van der Waals surface area contributed by atoms with Crippen molar-refractivity contribution >= 4 is 57.9 Å². The number of aryl methyl sites for hydroxylation is 1. The van der Waals surface area contributed by atoms with Crippen LogP contribution >= 0.6 is 46.3 Å². The zero-order valence-corrected chi connectivity index (χ0v) is 19.1. The Bertz CT molecular complexity index is 1010. The number of halogens is 2. The maximum Gasteiger partial charge on any atom is 0.234 e. The Balaban J connectivity index is 1.74. The van der Waals surface area contributed by atoms with E-state index < -0.39 is 0 Å². The molecule has 5 nitrogen and oxygen atoms in total. The quantitative estimate of drug-likeness (QED) is 0.447. The van der Waals surface area contributed by atoms with Gasteiger partial charge in [-0.2, -0.15) is 0 Å². The second-order valence-corrected chi connectivity index (χ2v) is 9.41. The summed E-state index contributed by atoms with van der Waals surface area (Å²) in [6.07, 6.45) is 0. The number of carbonyl (C=O) groups is 1. The molecule has 28 heavy (non-hydrogen) atoms. The van der Waals surface area contributed by atoms with Gasteiger partial charge in [-0.15, -0.1) is 21.5 Å². The molecule has 0 aliphatic carbocycles. The second kappa shape index (κ2) is 8.86. The summed E-state index contributed by atoms with van der Waals surface area (Å²) >= 11 is 15.0. The summed E-state index contributed by atoms with van der Waals surface area (Å²) in [6, 6.07) is 5.17. The Morgan fingerprint density at radius 1 is 1.25 bits per heavy atom. The van der Waals surface area contributed by atoms with Crippen LogP contribution in [0.2, 0.25) is 10.0 Å². The molecule has 1 amide bonds. The van der Waals surface area contributed by atoms with E-state index in [1.54, 1.807) is 29.5 Å². The summed E-state index contributed by atoms with van der Waals surface area (Å²) < 4.78 is 2.07. The van der Waals surface area contributed by atoms with Crippen LogP contribution < -0.4 is 5.32 Å². The molecule has 0 spiro atoms. The minimum Gasteiger partial charge on any atom is -0.325 e. The summed E-state index contributed by atoms with van der Waals surface area (Å²) in [6.45, 7) is 8.36. The molecule has 9 heteroatoms. The van der Waals surface area contributed by atoms with E-state index in [-0.39, 0.29) is 17.7 Å². The van der Waals surface area contributed by atoms with E-state index in [2.05, 4.69) is 53.2 Å². The number of aromatic nitrogens is 3. The molecule has 1 aromatic carbocycles. The zero-order chi connectivity index (χ0) is 20.4. The molecular weight excluding hydrogens is 435 g/mol. The lowest BCUT2D eigenvalue weighted by Crippen LogP contribution is -2.15. The average molecular weight is 455 g/mol. The highest BCUT2D eigenvalue weighted by molar-refractivity contribution is 7.99. The number of thioether (sulfide) groups is 1. The first kappa shape index (κ1) is 21.2. The van der Waals surface area contributed by atoms with Crippen molar-refractivity contribution < 1.29 is 4.79 Å². The molecule has 0 radical (unpaired) electrons. The van der Waals surface area contributed by atoms with E-state index in [1.165, 1.54) is 22.2 Å². The third-order valence-electron chi connectivity index (χ3n) is 4.24. The van der Waals surface area contributed by atoms with Crippen molar-refractivity contribution in [1.82, 2.24) is 14.8 Å².